The Labute approximate surface area is 112 Å². The predicted octanol–water partition coefficient (Wildman–Crippen LogP) is -0.556. The summed E-state index contributed by atoms with van der Waals surface area (Å²) in [6, 6.07) is 0. The lowest BCUT2D eigenvalue weighted by molar-refractivity contribution is 0.264. The SMILES string of the molecule is Cn1ncc2c(N3CCN(CCN)CC3)ncnc21. The molecule has 0 radical (unpaired) electrons. The molecule has 19 heavy (non-hydrogen) atoms. The molecule has 3 rings (SSSR count). The van der Waals surface area contributed by atoms with Gasteiger partial charge in [0.15, 0.2) is 5.65 Å². The molecule has 7 heteroatoms. The first-order valence-electron chi connectivity index (χ1n) is 6.59. The maximum atomic E-state index is 5.60. The van der Waals surface area contributed by atoms with Crippen LogP contribution in [0.1, 0.15) is 0 Å². The van der Waals surface area contributed by atoms with E-state index in [-0.39, 0.29) is 0 Å². The zero-order chi connectivity index (χ0) is 13.2. The van der Waals surface area contributed by atoms with Gasteiger partial charge in [-0.05, 0) is 0 Å². The smallest absolute Gasteiger partial charge is 0.163 e. The van der Waals surface area contributed by atoms with E-state index in [2.05, 4.69) is 24.9 Å². The van der Waals surface area contributed by atoms with Gasteiger partial charge in [-0.25, -0.2) is 9.97 Å². The van der Waals surface area contributed by atoms with Crippen LogP contribution in [0.4, 0.5) is 5.82 Å². The highest BCUT2D eigenvalue weighted by atomic mass is 15.3. The molecular weight excluding hydrogens is 242 g/mol. The van der Waals surface area contributed by atoms with Crippen molar-refractivity contribution in [1.82, 2.24) is 24.6 Å². The predicted molar refractivity (Wildman–Crippen MR) is 74.0 cm³/mol. The minimum atomic E-state index is 0.723. The summed E-state index contributed by atoms with van der Waals surface area (Å²) >= 11 is 0. The Morgan fingerprint density at radius 3 is 2.74 bits per heavy atom. The quantitative estimate of drug-likeness (QED) is 0.798. The fraction of sp³-hybridized carbons (Fsp3) is 0.583. The summed E-state index contributed by atoms with van der Waals surface area (Å²) in [4.78, 5) is 13.4. The Morgan fingerprint density at radius 2 is 2.00 bits per heavy atom. The van der Waals surface area contributed by atoms with Crippen LogP contribution in [0.15, 0.2) is 12.5 Å². The molecule has 2 aromatic heterocycles. The third-order valence-corrected chi connectivity index (χ3v) is 3.63. The van der Waals surface area contributed by atoms with Crippen molar-refractivity contribution in [2.24, 2.45) is 12.8 Å². The van der Waals surface area contributed by atoms with Crippen LogP contribution in [-0.2, 0) is 7.05 Å². The van der Waals surface area contributed by atoms with Gasteiger partial charge in [-0.2, -0.15) is 5.10 Å². The Kier molecular flexibility index (Phi) is 3.31. The summed E-state index contributed by atoms with van der Waals surface area (Å²) in [6.45, 7) is 5.70. The van der Waals surface area contributed by atoms with Crippen LogP contribution in [0.5, 0.6) is 0 Å². The summed E-state index contributed by atoms with van der Waals surface area (Å²) in [7, 11) is 1.90. The van der Waals surface area contributed by atoms with Gasteiger partial charge in [0.2, 0.25) is 0 Å². The van der Waals surface area contributed by atoms with Crippen LogP contribution in [0.25, 0.3) is 11.0 Å². The van der Waals surface area contributed by atoms with Gasteiger partial charge < -0.3 is 10.6 Å². The largest absolute Gasteiger partial charge is 0.353 e. The first kappa shape index (κ1) is 12.3. The van der Waals surface area contributed by atoms with Crippen LogP contribution in [0.3, 0.4) is 0 Å². The van der Waals surface area contributed by atoms with E-state index in [1.165, 1.54) is 0 Å². The third kappa shape index (κ3) is 2.26. The van der Waals surface area contributed by atoms with Crippen LogP contribution < -0.4 is 10.6 Å². The van der Waals surface area contributed by atoms with E-state index in [0.29, 0.717) is 0 Å². The fourth-order valence-corrected chi connectivity index (χ4v) is 2.57. The first-order valence-corrected chi connectivity index (χ1v) is 6.59. The average Bonchev–Trinajstić information content (AvgIpc) is 2.82. The van der Waals surface area contributed by atoms with Gasteiger partial charge >= 0.3 is 0 Å². The molecule has 1 aliphatic heterocycles. The van der Waals surface area contributed by atoms with Gasteiger partial charge in [-0.1, -0.05) is 0 Å². The lowest BCUT2D eigenvalue weighted by Crippen LogP contribution is -2.48. The Balaban J connectivity index is 1.82. The zero-order valence-corrected chi connectivity index (χ0v) is 11.2. The van der Waals surface area contributed by atoms with Crippen molar-refractivity contribution < 1.29 is 0 Å². The summed E-state index contributed by atoms with van der Waals surface area (Å²) in [5, 5.41) is 5.28. The van der Waals surface area contributed by atoms with Crippen molar-refractivity contribution in [3.05, 3.63) is 12.5 Å². The lowest BCUT2D eigenvalue weighted by Gasteiger charge is -2.35. The minimum Gasteiger partial charge on any atom is -0.353 e. The molecule has 7 nitrogen and oxygen atoms in total. The third-order valence-electron chi connectivity index (χ3n) is 3.63. The highest BCUT2D eigenvalue weighted by Crippen LogP contribution is 2.22. The first-order chi connectivity index (χ1) is 9.29. The van der Waals surface area contributed by atoms with Crippen LogP contribution >= 0.6 is 0 Å². The number of rotatable bonds is 3. The molecule has 0 aliphatic carbocycles. The minimum absolute atomic E-state index is 0.723. The van der Waals surface area contributed by atoms with Crippen molar-refractivity contribution in [2.45, 2.75) is 0 Å². The number of fused-ring (bicyclic) bond motifs is 1. The number of nitrogens with zero attached hydrogens (tertiary/aromatic N) is 6. The molecular formula is C12H19N7. The van der Waals surface area contributed by atoms with E-state index in [1.54, 1.807) is 11.0 Å². The molecule has 0 amide bonds. The number of hydrogen-bond donors (Lipinski definition) is 1. The maximum absolute atomic E-state index is 5.60. The summed E-state index contributed by atoms with van der Waals surface area (Å²) in [5.74, 6) is 0.991. The number of nitrogens with two attached hydrogens (primary N) is 1. The average molecular weight is 261 g/mol. The van der Waals surface area contributed by atoms with Gasteiger partial charge in [0.05, 0.1) is 11.6 Å². The molecule has 0 aromatic carbocycles. The molecule has 1 fully saturated rings. The van der Waals surface area contributed by atoms with E-state index in [4.69, 9.17) is 5.73 Å². The Morgan fingerprint density at radius 1 is 1.21 bits per heavy atom. The molecule has 2 N–H and O–H groups in total. The summed E-state index contributed by atoms with van der Waals surface area (Å²) < 4.78 is 1.78. The second-order valence-electron chi connectivity index (χ2n) is 4.82. The molecule has 0 spiro atoms. The maximum Gasteiger partial charge on any atom is 0.163 e. The summed E-state index contributed by atoms with van der Waals surface area (Å²) in [6.07, 6.45) is 3.46. The highest BCUT2D eigenvalue weighted by Gasteiger charge is 2.20. The number of anilines is 1. The van der Waals surface area contributed by atoms with E-state index in [0.717, 1.165) is 56.1 Å². The van der Waals surface area contributed by atoms with Crippen molar-refractivity contribution >= 4 is 16.9 Å². The molecule has 0 saturated carbocycles. The second kappa shape index (κ2) is 5.10. The monoisotopic (exact) mass is 261 g/mol. The molecule has 102 valence electrons. The molecule has 0 atom stereocenters. The normalized spacial score (nSPS) is 17.3. The molecule has 1 aliphatic rings. The van der Waals surface area contributed by atoms with Gasteiger partial charge in [0.25, 0.3) is 0 Å². The van der Waals surface area contributed by atoms with E-state index < -0.39 is 0 Å². The van der Waals surface area contributed by atoms with Crippen molar-refractivity contribution in [1.29, 1.82) is 0 Å². The lowest BCUT2D eigenvalue weighted by atomic mass is 10.3. The number of aryl methyl sites for hydroxylation is 1. The van der Waals surface area contributed by atoms with E-state index >= 15 is 0 Å². The van der Waals surface area contributed by atoms with Gasteiger partial charge in [-0.3, -0.25) is 9.58 Å². The van der Waals surface area contributed by atoms with E-state index in [1.807, 2.05) is 13.2 Å². The molecule has 3 heterocycles. The van der Waals surface area contributed by atoms with E-state index in [9.17, 15) is 0 Å². The molecule has 0 unspecified atom stereocenters. The van der Waals surface area contributed by atoms with Crippen molar-refractivity contribution in [3.63, 3.8) is 0 Å². The van der Waals surface area contributed by atoms with Crippen molar-refractivity contribution in [3.8, 4) is 0 Å². The van der Waals surface area contributed by atoms with Gasteiger partial charge in [0, 0.05) is 46.3 Å². The summed E-state index contributed by atoms with van der Waals surface area (Å²) in [5.41, 5.74) is 6.48. The van der Waals surface area contributed by atoms with Gasteiger partial charge in [0.1, 0.15) is 12.1 Å². The number of aromatic nitrogens is 4. The fourth-order valence-electron chi connectivity index (χ4n) is 2.57. The Hall–Kier alpha value is -1.73. The second-order valence-corrected chi connectivity index (χ2v) is 4.82. The molecule has 1 saturated heterocycles. The molecule has 2 aromatic rings. The highest BCUT2D eigenvalue weighted by molar-refractivity contribution is 5.86. The van der Waals surface area contributed by atoms with Crippen LogP contribution in [0.2, 0.25) is 0 Å². The topological polar surface area (TPSA) is 76.1 Å². The van der Waals surface area contributed by atoms with Crippen LogP contribution in [0, 0.1) is 0 Å². The van der Waals surface area contributed by atoms with Crippen molar-refractivity contribution in [2.75, 3.05) is 44.2 Å². The number of piperazine rings is 1. The van der Waals surface area contributed by atoms with Gasteiger partial charge in [-0.15, -0.1) is 0 Å². The zero-order valence-electron chi connectivity index (χ0n) is 11.2. The molecule has 0 bridgehead atoms. The Bertz CT molecular complexity index is 556. The number of hydrogen-bond acceptors (Lipinski definition) is 6. The van der Waals surface area contributed by atoms with Crippen LogP contribution in [-0.4, -0.2) is 63.9 Å². The standard InChI is InChI=1S/C12H19N7/c1-17-11-10(8-16-17)12(15-9-14-11)19-6-4-18(3-2-13)5-7-19/h8-9H,2-7,13H2,1H3.